The third kappa shape index (κ3) is 1.51. The molecule has 0 bridgehead atoms. The van der Waals surface area contributed by atoms with Crippen molar-refractivity contribution in [2.45, 2.75) is 27.2 Å². The molecule has 1 saturated heterocycles. The number of hydrogen-bond donors (Lipinski definition) is 0. The summed E-state index contributed by atoms with van der Waals surface area (Å²) in [6.07, 6.45) is 1.35. The molecule has 0 N–H and O–H groups in total. The van der Waals surface area contributed by atoms with Crippen molar-refractivity contribution in [2.75, 3.05) is 20.1 Å². The van der Waals surface area contributed by atoms with E-state index in [-0.39, 0.29) is 0 Å². The van der Waals surface area contributed by atoms with E-state index in [1.165, 1.54) is 19.5 Å². The molecule has 1 aliphatic rings. The Balaban J connectivity index is 2.52. The summed E-state index contributed by atoms with van der Waals surface area (Å²) in [5.41, 5.74) is 0.576. The van der Waals surface area contributed by atoms with Gasteiger partial charge in [-0.2, -0.15) is 0 Å². The topological polar surface area (TPSA) is 3.24 Å². The smallest absolute Gasteiger partial charge is 0.000908 e. The number of rotatable bonds is 0. The zero-order valence-corrected chi connectivity index (χ0v) is 7.65. The Bertz CT molecular complexity index is 118. The van der Waals surface area contributed by atoms with Crippen molar-refractivity contribution in [3.8, 4) is 0 Å². The van der Waals surface area contributed by atoms with Crippen molar-refractivity contribution in [1.29, 1.82) is 0 Å². The summed E-state index contributed by atoms with van der Waals surface area (Å²) in [5, 5.41) is 0. The molecule has 1 heterocycles. The second kappa shape index (κ2) is 2.54. The van der Waals surface area contributed by atoms with Gasteiger partial charge in [-0.3, -0.25) is 0 Å². The fraction of sp³-hybridized carbons (Fsp3) is 1.00. The van der Waals surface area contributed by atoms with Gasteiger partial charge in [-0.25, -0.2) is 0 Å². The van der Waals surface area contributed by atoms with Crippen molar-refractivity contribution in [1.82, 2.24) is 4.90 Å². The molecular weight excluding hydrogens is 122 g/mol. The van der Waals surface area contributed by atoms with Gasteiger partial charge in [0.1, 0.15) is 0 Å². The van der Waals surface area contributed by atoms with Crippen molar-refractivity contribution in [3.63, 3.8) is 0 Å². The summed E-state index contributed by atoms with van der Waals surface area (Å²) < 4.78 is 0. The molecule has 0 aliphatic carbocycles. The monoisotopic (exact) mass is 141 g/mol. The van der Waals surface area contributed by atoms with Gasteiger partial charge in [-0.1, -0.05) is 20.8 Å². The second-order valence-electron chi connectivity index (χ2n) is 4.40. The summed E-state index contributed by atoms with van der Waals surface area (Å²) in [6.45, 7) is 9.66. The summed E-state index contributed by atoms with van der Waals surface area (Å²) in [7, 11) is 2.21. The molecule has 60 valence electrons. The van der Waals surface area contributed by atoms with Crippen LogP contribution in [0.2, 0.25) is 0 Å². The van der Waals surface area contributed by atoms with Gasteiger partial charge >= 0.3 is 0 Å². The van der Waals surface area contributed by atoms with Crippen LogP contribution in [-0.2, 0) is 0 Å². The molecule has 0 aromatic carbocycles. The van der Waals surface area contributed by atoms with Gasteiger partial charge in [0.05, 0.1) is 0 Å². The normalized spacial score (nSPS) is 34.2. The first-order chi connectivity index (χ1) is 4.52. The summed E-state index contributed by atoms with van der Waals surface area (Å²) in [5.74, 6) is 0.853. The minimum absolute atomic E-state index is 0.576. The Kier molecular flexibility index (Phi) is 2.04. The Hall–Kier alpha value is -0.0400. The van der Waals surface area contributed by atoms with E-state index in [4.69, 9.17) is 0 Å². The van der Waals surface area contributed by atoms with Crippen LogP contribution in [0.4, 0.5) is 0 Å². The largest absolute Gasteiger partial charge is 0.306 e. The molecule has 1 atom stereocenters. The van der Waals surface area contributed by atoms with E-state index >= 15 is 0 Å². The Labute approximate surface area is 64.4 Å². The van der Waals surface area contributed by atoms with E-state index in [1.54, 1.807) is 0 Å². The van der Waals surface area contributed by atoms with Crippen molar-refractivity contribution in [2.24, 2.45) is 11.3 Å². The maximum absolute atomic E-state index is 2.43. The van der Waals surface area contributed by atoms with Crippen LogP contribution in [-0.4, -0.2) is 25.0 Å². The Morgan fingerprint density at radius 1 is 1.40 bits per heavy atom. The highest BCUT2D eigenvalue weighted by atomic mass is 15.1. The SMILES string of the molecule is C[C@H]1CN(C)CCC1(C)C. The number of hydrogen-bond acceptors (Lipinski definition) is 1. The molecule has 10 heavy (non-hydrogen) atoms. The minimum Gasteiger partial charge on any atom is -0.306 e. The second-order valence-corrected chi connectivity index (χ2v) is 4.40. The van der Waals surface area contributed by atoms with Crippen LogP contribution in [0.5, 0.6) is 0 Å². The fourth-order valence-corrected chi connectivity index (χ4v) is 1.53. The Morgan fingerprint density at radius 2 is 2.00 bits per heavy atom. The van der Waals surface area contributed by atoms with Gasteiger partial charge in [0.15, 0.2) is 0 Å². The highest BCUT2D eigenvalue weighted by Crippen LogP contribution is 2.34. The molecule has 0 amide bonds. The average Bonchev–Trinajstić information content (AvgIpc) is 1.81. The third-order valence-electron chi connectivity index (χ3n) is 3.06. The molecular formula is C9H19N. The minimum atomic E-state index is 0.576. The lowest BCUT2D eigenvalue weighted by Crippen LogP contribution is -2.41. The molecule has 0 saturated carbocycles. The zero-order chi connectivity index (χ0) is 7.78. The van der Waals surface area contributed by atoms with Crippen LogP contribution in [0.25, 0.3) is 0 Å². The summed E-state index contributed by atoms with van der Waals surface area (Å²) in [6, 6.07) is 0. The Morgan fingerprint density at radius 3 is 2.40 bits per heavy atom. The summed E-state index contributed by atoms with van der Waals surface area (Å²) in [4.78, 5) is 2.43. The van der Waals surface area contributed by atoms with Crippen LogP contribution < -0.4 is 0 Å². The van der Waals surface area contributed by atoms with E-state index in [0.717, 1.165) is 5.92 Å². The number of piperidine rings is 1. The predicted octanol–water partition coefficient (Wildman–Crippen LogP) is 1.98. The van der Waals surface area contributed by atoms with Crippen molar-refractivity contribution >= 4 is 0 Å². The molecule has 0 radical (unpaired) electrons. The van der Waals surface area contributed by atoms with E-state index in [0.29, 0.717) is 5.41 Å². The number of likely N-dealkylation sites (tertiary alicyclic amines) is 1. The maximum Gasteiger partial charge on any atom is 0.000908 e. The van der Waals surface area contributed by atoms with Gasteiger partial charge in [0.2, 0.25) is 0 Å². The highest BCUT2D eigenvalue weighted by molar-refractivity contribution is 4.82. The molecule has 1 rings (SSSR count). The average molecular weight is 141 g/mol. The molecule has 0 unspecified atom stereocenters. The fourth-order valence-electron chi connectivity index (χ4n) is 1.53. The van der Waals surface area contributed by atoms with Gasteiger partial charge in [0.25, 0.3) is 0 Å². The highest BCUT2D eigenvalue weighted by Gasteiger charge is 2.30. The molecule has 1 nitrogen and oxygen atoms in total. The van der Waals surface area contributed by atoms with E-state index in [2.05, 4.69) is 32.7 Å². The van der Waals surface area contributed by atoms with Gasteiger partial charge in [-0.05, 0) is 31.3 Å². The zero-order valence-electron chi connectivity index (χ0n) is 7.65. The molecule has 0 aromatic rings. The van der Waals surface area contributed by atoms with Crippen LogP contribution in [0.1, 0.15) is 27.2 Å². The van der Waals surface area contributed by atoms with Gasteiger partial charge in [-0.15, -0.1) is 0 Å². The molecule has 0 aromatic heterocycles. The van der Waals surface area contributed by atoms with Gasteiger partial charge in [0, 0.05) is 6.54 Å². The molecule has 1 heteroatoms. The summed E-state index contributed by atoms with van der Waals surface area (Å²) >= 11 is 0. The van der Waals surface area contributed by atoms with Crippen LogP contribution in [0.15, 0.2) is 0 Å². The third-order valence-corrected chi connectivity index (χ3v) is 3.06. The predicted molar refractivity (Wildman–Crippen MR) is 45.1 cm³/mol. The van der Waals surface area contributed by atoms with Crippen molar-refractivity contribution < 1.29 is 0 Å². The van der Waals surface area contributed by atoms with Crippen LogP contribution in [0, 0.1) is 11.3 Å². The van der Waals surface area contributed by atoms with Crippen LogP contribution in [0.3, 0.4) is 0 Å². The first-order valence-corrected chi connectivity index (χ1v) is 4.21. The lowest BCUT2D eigenvalue weighted by molar-refractivity contribution is 0.0884. The van der Waals surface area contributed by atoms with E-state index in [9.17, 15) is 0 Å². The lowest BCUT2D eigenvalue weighted by atomic mass is 9.74. The van der Waals surface area contributed by atoms with Gasteiger partial charge < -0.3 is 4.90 Å². The molecule has 1 aliphatic heterocycles. The molecule has 1 fully saturated rings. The standard InChI is InChI=1S/C9H19N/c1-8-7-10(4)6-5-9(8,2)3/h8H,5-7H2,1-4H3/t8-/m0/s1. The lowest BCUT2D eigenvalue weighted by Gasteiger charge is -2.40. The number of nitrogens with zero attached hydrogens (tertiary/aromatic N) is 1. The maximum atomic E-state index is 2.43. The quantitative estimate of drug-likeness (QED) is 0.498. The molecule has 0 spiro atoms. The van der Waals surface area contributed by atoms with E-state index < -0.39 is 0 Å². The van der Waals surface area contributed by atoms with Crippen LogP contribution >= 0.6 is 0 Å². The first kappa shape index (κ1) is 8.06. The van der Waals surface area contributed by atoms with E-state index in [1.807, 2.05) is 0 Å². The van der Waals surface area contributed by atoms with Crippen molar-refractivity contribution in [3.05, 3.63) is 0 Å². The first-order valence-electron chi connectivity index (χ1n) is 4.21.